The van der Waals surface area contributed by atoms with Crippen LogP contribution < -0.4 is 4.74 Å². The fourth-order valence-electron chi connectivity index (χ4n) is 3.01. The Morgan fingerprint density at radius 2 is 1.65 bits per heavy atom. The van der Waals surface area contributed by atoms with Crippen LogP contribution in [0.15, 0.2) is 66.7 Å². The molecule has 0 aliphatic rings. The third kappa shape index (κ3) is 2.90. The molecular weight excluding hydrogens is 327 g/mol. The lowest BCUT2D eigenvalue weighted by Crippen LogP contribution is -1.97. The predicted octanol–water partition coefficient (Wildman–Crippen LogP) is 5.42. The second-order valence-electron chi connectivity index (χ2n) is 6.10. The first-order valence-corrected chi connectivity index (χ1v) is 8.33. The number of halogens is 1. The quantitative estimate of drug-likeness (QED) is 0.498. The van der Waals surface area contributed by atoms with Gasteiger partial charge in [-0.3, -0.25) is 0 Å². The SMILES string of the molecule is COc1ccc2nc(-c3ccccc3C)nc(-c3ccc(F)cc3)c2c1. The zero-order valence-electron chi connectivity index (χ0n) is 14.5. The first-order valence-electron chi connectivity index (χ1n) is 8.33. The van der Waals surface area contributed by atoms with Crippen molar-refractivity contribution in [1.82, 2.24) is 9.97 Å². The highest BCUT2D eigenvalue weighted by atomic mass is 19.1. The zero-order valence-corrected chi connectivity index (χ0v) is 14.5. The van der Waals surface area contributed by atoms with Crippen LogP contribution in [0.2, 0.25) is 0 Å². The number of nitrogens with zero attached hydrogens (tertiary/aromatic N) is 2. The van der Waals surface area contributed by atoms with Gasteiger partial charge in [-0.05, 0) is 55.0 Å². The van der Waals surface area contributed by atoms with E-state index in [1.165, 1.54) is 12.1 Å². The van der Waals surface area contributed by atoms with Crippen LogP contribution in [0.4, 0.5) is 4.39 Å². The van der Waals surface area contributed by atoms with Crippen molar-refractivity contribution in [2.75, 3.05) is 7.11 Å². The molecule has 0 bridgehead atoms. The Morgan fingerprint density at radius 3 is 2.38 bits per heavy atom. The van der Waals surface area contributed by atoms with Gasteiger partial charge in [0.2, 0.25) is 0 Å². The Bertz CT molecular complexity index is 1090. The lowest BCUT2D eigenvalue weighted by molar-refractivity contribution is 0.415. The van der Waals surface area contributed by atoms with Gasteiger partial charge in [0.15, 0.2) is 5.82 Å². The number of hydrogen-bond donors (Lipinski definition) is 0. The normalized spacial score (nSPS) is 10.9. The van der Waals surface area contributed by atoms with Crippen molar-refractivity contribution in [3.63, 3.8) is 0 Å². The fraction of sp³-hybridized carbons (Fsp3) is 0.0909. The van der Waals surface area contributed by atoms with Gasteiger partial charge < -0.3 is 4.74 Å². The first-order chi connectivity index (χ1) is 12.7. The summed E-state index contributed by atoms with van der Waals surface area (Å²) >= 11 is 0. The number of benzene rings is 3. The maximum absolute atomic E-state index is 13.4. The summed E-state index contributed by atoms with van der Waals surface area (Å²) in [6.45, 7) is 2.04. The van der Waals surface area contributed by atoms with E-state index in [0.717, 1.165) is 39.0 Å². The van der Waals surface area contributed by atoms with Crippen molar-refractivity contribution in [3.05, 3.63) is 78.1 Å². The number of methoxy groups -OCH3 is 1. The molecule has 0 N–H and O–H groups in total. The van der Waals surface area contributed by atoms with Crippen LogP contribution in [0, 0.1) is 12.7 Å². The Hall–Kier alpha value is -3.27. The lowest BCUT2D eigenvalue weighted by atomic mass is 10.0. The van der Waals surface area contributed by atoms with Crippen LogP contribution in [0.3, 0.4) is 0 Å². The summed E-state index contributed by atoms with van der Waals surface area (Å²) in [7, 11) is 1.63. The topological polar surface area (TPSA) is 35.0 Å². The number of aromatic nitrogens is 2. The van der Waals surface area contributed by atoms with E-state index < -0.39 is 0 Å². The van der Waals surface area contributed by atoms with Crippen molar-refractivity contribution in [3.8, 4) is 28.4 Å². The van der Waals surface area contributed by atoms with Gasteiger partial charge in [-0.25, -0.2) is 14.4 Å². The summed E-state index contributed by atoms with van der Waals surface area (Å²) in [5, 5.41) is 0.869. The molecule has 128 valence electrons. The maximum Gasteiger partial charge on any atom is 0.160 e. The third-order valence-electron chi connectivity index (χ3n) is 4.41. The minimum absolute atomic E-state index is 0.274. The Labute approximate surface area is 151 Å². The van der Waals surface area contributed by atoms with E-state index in [1.54, 1.807) is 19.2 Å². The number of aryl methyl sites for hydroxylation is 1. The van der Waals surface area contributed by atoms with Crippen molar-refractivity contribution in [2.45, 2.75) is 6.92 Å². The molecule has 4 aromatic rings. The highest BCUT2D eigenvalue weighted by Gasteiger charge is 2.13. The van der Waals surface area contributed by atoms with E-state index in [2.05, 4.69) is 0 Å². The molecule has 0 aliphatic carbocycles. The molecule has 0 amide bonds. The molecule has 0 fully saturated rings. The second kappa shape index (κ2) is 6.56. The van der Waals surface area contributed by atoms with Gasteiger partial charge in [-0.1, -0.05) is 24.3 Å². The minimum Gasteiger partial charge on any atom is -0.497 e. The van der Waals surface area contributed by atoms with Crippen LogP contribution in [0.25, 0.3) is 33.5 Å². The smallest absolute Gasteiger partial charge is 0.160 e. The van der Waals surface area contributed by atoms with E-state index in [-0.39, 0.29) is 5.82 Å². The highest BCUT2D eigenvalue weighted by Crippen LogP contribution is 2.32. The van der Waals surface area contributed by atoms with Gasteiger partial charge in [0.1, 0.15) is 11.6 Å². The Morgan fingerprint density at radius 1 is 0.885 bits per heavy atom. The second-order valence-corrected chi connectivity index (χ2v) is 6.10. The summed E-state index contributed by atoms with van der Waals surface area (Å²) in [4.78, 5) is 9.56. The number of fused-ring (bicyclic) bond motifs is 1. The van der Waals surface area contributed by atoms with Gasteiger partial charge in [0.05, 0.1) is 18.3 Å². The zero-order chi connectivity index (χ0) is 18.1. The molecule has 26 heavy (non-hydrogen) atoms. The van der Waals surface area contributed by atoms with Crippen molar-refractivity contribution < 1.29 is 9.13 Å². The first kappa shape index (κ1) is 16.2. The van der Waals surface area contributed by atoms with Gasteiger partial charge in [0.25, 0.3) is 0 Å². The van der Waals surface area contributed by atoms with Crippen molar-refractivity contribution in [2.24, 2.45) is 0 Å². The number of rotatable bonds is 3. The van der Waals surface area contributed by atoms with E-state index in [1.807, 2.05) is 49.4 Å². The number of ether oxygens (including phenoxy) is 1. The monoisotopic (exact) mass is 344 g/mol. The molecule has 3 nitrogen and oxygen atoms in total. The third-order valence-corrected chi connectivity index (χ3v) is 4.41. The standard InChI is InChI=1S/C22H17FN2O/c1-14-5-3-4-6-18(14)22-24-20-12-11-17(26-2)13-19(20)21(25-22)15-7-9-16(23)10-8-15/h3-13H,1-2H3. The van der Waals surface area contributed by atoms with Crippen LogP contribution in [-0.2, 0) is 0 Å². The van der Waals surface area contributed by atoms with Crippen LogP contribution in [-0.4, -0.2) is 17.1 Å². The van der Waals surface area contributed by atoms with Crippen LogP contribution in [0.5, 0.6) is 5.75 Å². The highest BCUT2D eigenvalue weighted by molar-refractivity contribution is 5.94. The molecule has 3 aromatic carbocycles. The Kier molecular flexibility index (Phi) is 4.09. The fourth-order valence-corrected chi connectivity index (χ4v) is 3.01. The molecule has 4 heteroatoms. The molecule has 1 heterocycles. The molecule has 0 atom stereocenters. The molecule has 0 saturated carbocycles. The molecule has 0 unspecified atom stereocenters. The molecule has 1 aromatic heterocycles. The molecule has 4 rings (SSSR count). The number of hydrogen-bond acceptors (Lipinski definition) is 3. The van der Waals surface area contributed by atoms with E-state index in [4.69, 9.17) is 14.7 Å². The summed E-state index contributed by atoms with van der Waals surface area (Å²) < 4.78 is 18.7. The average Bonchev–Trinajstić information content (AvgIpc) is 2.68. The molecule has 0 radical (unpaired) electrons. The lowest BCUT2D eigenvalue weighted by Gasteiger charge is -2.11. The van der Waals surface area contributed by atoms with Gasteiger partial charge in [0, 0.05) is 16.5 Å². The minimum atomic E-state index is -0.274. The largest absolute Gasteiger partial charge is 0.497 e. The molecular formula is C22H17FN2O. The van der Waals surface area contributed by atoms with Gasteiger partial charge in [-0.2, -0.15) is 0 Å². The average molecular weight is 344 g/mol. The van der Waals surface area contributed by atoms with E-state index >= 15 is 0 Å². The molecule has 0 spiro atoms. The summed E-state index contributed by atoms with van der Waals surface area (Å²) in [6, 6.07) is 20.1. The Balaban J connectivity index is 2.02. The summed E-state index contributed by atoms with van der Waals surface area (Å²) in [5.41, 5.74) is 4.49. The van der Waals surface area contributed by atoms with Gasteiger partial charge >= 0.3 is 0 Å². The van der Waals surface area contributed by atoms with Crippen molar-refractivity contribution >= 4 is 10.9 Å². The van der Waals surface area contributed by atoms with Gasteiger partial charge in [-0.15, -0.1) is 0 Å². The predicted molar refractivity (Wildman–Crippen MR) is 102 cm³/mol. The summed E-state index contributed by atoms with van der Waals surface area (Å²) in [6.07, 6.45) is 0. The summed E-state index contributed by atoms with van der Waals surface area (Å²) in [5.74, 6) is 1.11. The van der Waals surface area contributed by atoms with Crippen molar-refractivity contribution in [1.29, 1.82) is 0 Å². The van der Waals surface area contributed by atoms with Crippen LogP contribution >= 0.6 is 0 Å². The molecule has 0 aliphatic heterocycles. The maximum atomic E-state index is 13.4. The van der Waals surface area contributed by atoms with E-state index in [9.17, 15) is 4.39 Å². The molecule has 0 saturated heterocycles. The van der Waals surface area contributed by atoms with E-state index in [0.29, 0.717) is 5.82 Å². The van der Waals surface area contributed by atoms with Crippen LogP contribution in [0.1, 0.15) is 5.56 Å².